The molecule has 1 aliphatic heterocycles. The van der Waals surface area contributed by atoms with Crippen LogP contribution in [0, 0.1) is 23.3 Å². The van der Waals surface area contributed by atoms with Gasteiger partial charge >= 0.3 is 0 Å². The molecule has 0 radical (unpaired) electrons. The van der Waals surface area contributed by atoms with Crippen LogP contribution in [-0.4, -0.2) is 26.1 Å². The fourth-order valence-corrected chi connectivity index (χ4v) is 5.67. The zero-order chi connectivity index (χ0) is 31.3. The van der Waals surface area contributed by atoms with E-state index in [1.165, 1.54) is 50.7 Å². The lowest BCUT2D eigenvalue weighted by atomic mass is 9.94. The van der Waals surface area contributed by atoms with Gasteiger partial charge in [-0.25, -0.2) is 13.2 Å². The number of halogens is 4. The van der Waals surface area contributed by atoms with E-state index in [2.05, 4.69) is 13.8 Å². The van der Waals surface area contributed by atoms with E-state index in [-0.39, 0.29) is 41.9 Å². The second-order valence-electron chi connectivity index (χ2n) is 11.8. The number of benzene rings is 3. The molecule has 3 nitrogen and oxygen atoms in total. The number of unbranched alkanes of at least 4 members (excludes halogenated alkanes) is 9. The van der Waals surface area contributed by atoms with Crippen LogP contribution in [0.4, 0.5) is 17.6 Å². The minimum absolute atomic E-state index is 0.0648. The molecule has 0 aliphatic carbocycles. The first-order valence-corrected chi connectivity index (χ1v) is 16.4. The van der Waals surface area contributed by atoms with Crippen LogP contribution < -0.4 is 4.74 Å². The average molecular weight is 615 g/mol. The lowest BCUT2D eigenvalue weighted by Crippen LogP contribution is -2.31. The van der Waals surface area contributed by atoms with Crippen molar-refractivity contribution in [1.82, 2.24) is 0 Å². The quantitative estimate of drug-likeness (QED) is 0.112. The number of rotatable bonds is 17. The van der Waals surface area contributed by atoms with Crippen LogP contribution in [-0.2, 0) is 9.47 Å². The summed E-state index contributed by atoms with van der Waals surface area (Å²) in [5.74, 6) is -4.45. The van der Waals surface area contributed by atoms with Crippen LogP contribution in [0.5, 0.6) is 5.75 Å². The van der Waals surface area contributed by atoms with E-state index < -0.39 is 29.2 Å². The fraction of sp³-hybridized carbons (Fsp3) is 0.514. The van der Waals surface area contributed by atoms with Crippen LogP contribution >= 0.6 is 0 Å². The molecular weight excluding hydrogens is 568 g/mol. The molecule has 0 atom stereocenters. The minimum atomic E-state index is -1.04. The van der Waals surface area contributed by atoms with Gasteiger partial charge in [0.05, 0.1) is 19.8 Å². The van der Waals surface area contributed by atoms with Crippen LogP contribution in [0.15, 0.2) is 48.5 Å². The SMILES string of the molecule is CCCCCCCCCCC1OCC(c2ccc(-c3ccc(-c4ccc(OCCCCC)c(F)c4F)cc3)c(F)c2F)CO1. The molecule has 44 heavy (non-hydrogen) atoms. The first-order valence-electron chi connectivity index (χ1n) is 16.4. The molecule has 4 rings (SSSR count). The van der Waals surface area contributed by atoms with Crippen molar-refractivity contribution in [2.45, 2.75) is 103 Å². The molecule has 240 valence electrons. The van der Waals surface area contributed by atoms with Gasteiger partial charge in [-0.3, -0.25) is 0 Å². The van der Waals surface area contributed by atoms with Crippen LogP contribution in [0.3, 0.4) is 0 Å². The van der Waals surface area contributed by atoms with Crippen LogP contribution in [0.25, 0.3) is 22.3 Å². The average Bonchev–Trinajstić information content (AvgIpc) is 3.04. The van der Waals surface area contributed by atoms with Crippen molar-refractivity contribution >= 4 is 0 Å². The van der Waals surface area contributed by atoms with Crippen molar-refractivity contribution in [3.8, 4) is 28.0 Å². The van der Waals surface area contributed by atoms with E-state index >= 15 is 8.78 Å². The predicted octanol–water partition coefficient (Wildman–Crippen LogP) is 11.1. The molecule has 1 aliphatic rings. The summed E-state index contributed by atoms with van der Waals surface area (Å²) in [5.41, 5.74) is 1.22. The molecule has 0 saturated carbocycles. The Morgan fingerprint density at radius 2 is 1.11 bits per heavy atom. The summed E-state index contributed by atoms with van der Waals surface area (Å²) in [6, 6.07) is 12.3. The second kappa shape index (κ2) is 17.6. The second-order valence-corrected chi connectivity index (χ2v) is 11.8. The third-order valence-electron chi connectivity index (χ3n) is 8.37. The lowest BCUT2D eigenvalue weighted by Gasteiger charge is -2.30. The normalized spacial score (nSPS) is 16.8. The summed E-state index contributed by atoms with van der Waals surface area (Å²) in [4.78, 5) is 0. The van der Waals surface area contributed by atoms with E-state index in [9.17, 15) is 8.78 Å². The first kappa shape index (κ1) is 34.0. The van der Waals surface area contributed by atoms with E-state index in [0.29, 0.717) is 17.7 Å². The number of hydrogen-bond donors (Lipinski definition) is 0. The van der Waals surface area contributed by atoms with Crippen molar-refractivity contribution in [1.29, 1.82) is 0 Å². The first-order chi connectivity index (χ1) is 21.4. The molecule has 3 aromatic carbocycles. The Labute approximate surface area is 259 Å². The Balaban J connectivity index is 1.32. The fourth-order valence-electron chi connectivity index (χ4n) is 5.67. The zero-order valence-electron chi connectivity index (χ0n) is 26.1. The van der Waals surface area contributed by atoms with E-state index in [0.717, 1.165) is 38.5 Å². The molecular formula is C37H46F4O3. The van der Waals surface area contributed by atoms with Crippen molar-refractivity contribution in [3.63, 3.8) is 0 Å². The highest BCUT2D eigenvalue weighted by atomic mass is 19.2. The Bertz CT molecular complexity index is 1300. The van der Waals surface area contributed by atoms with Crippen molar-refractivity contribution in [2.75, 3.05) is 19.8 Å². The van der Waals surface area contributed by atoms with Crippen molar-refractivity contribution in [2.24, 2.45) is 0 Å². The highest BCUT2D eigenvalue weighted by molar-refractivity contribution is 5.72. The zero-order valence-corrected chi connectivity index (χ0v) is 26.1. The number of ether oxygens (including phenoxy) is 3. The third-order valence-corrected chi connectivity index (χ3v) is 8.37. The molecule has 0 bridgehead atoms. The summed E-state index contributed by atoms with van der Waals surface area (Å²) in [6.45, 7) is 5.14. The van der Waals surface area contributed by atoms with Gasteiger partial charge in [-0.05, 0) is 48.1 Å². The topological polar surface area (TPSA) is 27.7 Å². The molecule has 7 heteroatoms. The Morgan fingerprint density at radius 1 is 0.591 bits per heavy atom. The maximum absolute atomic E-state index is 15.3. The molecule has 0 N–H and O–H groups in total. The Kier molecular flexibility index (Phi) is 13.6. The summed E-state index contributed by atoms with van der Waals surface area (Å²) in [5, 5.41) is 0. The monoisotopic (exact) mass is 614 g/mol. The van der Waals surface area contributed by atoms with Crippen molar-refractivity contribution in [3.05, 3.63) is 77.4 Å². The maximum atomic E-state index is 15.3. The summed E-state index contributed by atoms with van der Waals surface area (Å²) in [7, 11) is 0. The van der Waals surface area contributed by atoms with Gasteiger partial charge in [-0.2, -0.15) is 4.39 Å². The third kappa shape index (κ3) is 9.07. The van der Waals surface area contributed by atoms with Gasteiger partial charge in [0.15, 0.2) is 29.5 Å². The summed E-state index contributed by atoms with van der Waals surface area (Å²) in [6.07, 6.45) is 13.0. The molecule has 1 heterocycles. The minimum Gasteiger partial charge on any atom is -0.490 e. The van der Waals surface area contributed by atoms with Crippen molar-refractivity contribution < 1.29 is 31.8 Å². The van der Waals surface area contributed by atoms with E-state index in [1.54, 1.807) is 36.4 Å². The maximum Gasteiger partial charge on any atom is 0.201 e. The van der Waals surface area contributed by atoms with Crippen LogP contribution in [0.2, 0.25) is 0 Å². The highest BCUT2D eigenvalue weighted by Crippen LogP contribution is 2.35. The van der Waals surface area contributed by atoms with Gasteiger partial charge in [0.25, 0.3) is 0 Å². The largest absolute Gasteiger partial charge is 0.490 e. The lowest BCUT2D eigenvalue weighted by molar-refractivity contribution is -0.190. The molecule has 0 aromatic heterocycles. The molecule has 1 fully saturated rings. The van der Waals surface area contributed by atoms with E-state index in [1.807, 2.05) is 0 Å². The molecule has 0 unspecified atom stereocenters. The van der Waals surface area contributed by atoms with Gasteiger partial charge in [0.2, 0.25) is 5.82 Å². The predicted molar refractivity (Wildman–Crippen MR) is 168 cm³/mol. The van der Waals surface area contributed by atoms with E-state index in [4.69, 9.17) is 14.2 Å². The Morgan fingerprint density at radius 3 is 1.73 bits per heavy atom. The highest BCUT2D eigenvalue weighted by Gasteiger charge is 2.27. The summed E-state index contributed by atoms with van der Waals surface area (Å²) >= 11 is 0. The van der Waals surface area contributed by atoms with Crippen LogP contribution in [0.1, 0.15) is 102 Å². The Hall–Kier alpha value is -2.90. The number of hydrogen-bond acceptors (Lipinski definition) is 3. The summed E-state index contributed by atoms with van der Waals surface area (Å²) < 4.78 is 77.1. The van der Waals surface area contributed by atoms with Gasteiger partial charge in [0.1, 0.15) is 0 Å². The molecule has 0 amide bonds. The molecule has 3 aromatic rings. The van der Waals surface area contributed by atoms with Gasteiger partial charge < -0.3 is 14.2 Å². The van der Waals surface area contributed by atoms with Gasteiger partial charge in [-0.1, -0.05) is 108 Å². The standard InChI is InChI=1S/C37H46F4O3/c1-3-5-7-8-9-10-11-12-14-33-43-24-28(25-44-33)31-20-19-29(34(38)35(31)39)26-15-17-27(18-16-26)30-21-22-32(37(41)36(30)40)42-23-13-6-4-2/h15-22,28,33H,3-14,23-25H2,1-2H3. The van der Waals surface area contributed by atoms with Gasteiger partial charge in [-0.15, -0.1) is 0 Å². The molecule has 1 saturated heterocycles. The smallest absolute Gasteiger partial charge is 0.201 e. The molecule has 0 spiro atoms. The van der Waals surface area contributed by atoms with Gasteiger partial charge in [0, 0.05) is 17.0 Å².